The maximum absolute atomic E-state index is 12.2. The Bertz CT molecular complexity index is 463. The number of unbranched alkanes of at least 4 members (excludes halogenated alkanes) is 14. The Morgan fingerprint density at radius 2 is 1.00 bits per heavy atom. The van der Waals surface area contributed by atoms with Crippen molar-refractivity contribution >= 4 is 11.6 Å². The lowest BCUT2D eigenvalue weighted by Crippen LogP contribution is -2.59. The summed E-state index contributed by atoms with van der Waals surface area (Å²) in [6.45, 7) is 2.44. The molecule has 0 heterocycles. The molecule has 4 N–H and O–H groups in total. The molecule has 178 valence electrons. The Morgan fingerprint density at radius 1 is 0.633 bits per heavy atom. The van der Waals surface area contributed by atoms with Crippen LogP contribution in [0.5, 0.6) is 0 Å². The second-order valence-electron chi connectivity index (χ2n) is 8.64. The zero-order chi connectivity index (χ0) is 22.9. The molecule has 0 aromatic heterocycles. The Labute approximate surface area is 183 Å². The van der Waals surface area contributed by atoms with Gasteiger partial charge in [0, 0.05) is 12.8 Å². The average molecular weight is 431 g/mol. The van der Waals surface area contributed by atoms with Crippen LogP contribution in [0.3, 0.4) is 0 Å². The van der Waals surface area contributed by atoms with E-state index in [0.29, 0.717) is 6.42 Å². The van der Waals surface area contributed by atoms with Gasteiger partial charge in [0.2, 0.25) is 17.2 Å². The van der Waals surface area contributed by atoms with Crippen molar-refractivity contribution in [3.63, 3.8) is 0 Å². The minimum absolute atomic E-state index is 0.0686. The number of hydrogen-bond acceptors (Lipinski definition) is 6. The third-order valence-electron chi connectivity index (χ3n) is 5.93. The molecule has 0 amide bonds. The number of aliphatic hydroxyl groups is 4. The van der Waals surface area contributed by atoms with Crippen LogP contribution >= 0.6 is 0 Å². The standard InChI is InChI=1S/C24H46O6/c1-3-5-6-7-8-9-10-11-12-13-14-15-16-17-18-19-21(26)23(28,20-25)22(27)24(29,30)4-2/h25,28-30H,3-20H2,1-2H3. The van der Waals surface area contributed by atoms with Gasteiger partial charge in [0.1, 0.15) is 0 Å². The van der Waals surface area contributed by atoms with Crippen LogP contribution in [0.1, 0.15) is 123 Å². The molecule has 1 atom stereocenters. The summed E-state index contributed by atoms with van der Waals surface area (Å²) >= 11 is 0. The largest absolute Gasteiger partial charge is 0.392 e. The summed E-state index contributed by atoms with van der Waals surface area (Å²) in [6.07, 6.45) is 17.4. The van der Waals surface area contributed by atoms with Crippen LogP contribution in [0.25, 0.3) is 0 Å². The SMILES string of the molecule is CCCCCCCCCCCCCCCCCC(=O)C(O)(CO)C(=O)C(O)(O)CC. The molecule has 0 fully saturated rings. The van der Waals surface area contributed by atoms with Gasteiger partial charge in [-0.1, -0.05) is 104 Å². The summed E-state index contributed by atoms with van der Waals surface area (Å²) in [5.74, 6) is -5.13. The molecule has 0 spiro atoms. The Morgan fingerprint density at radius 3 is 1.33 bits per heavy atom. The van der Waals surface area contributed by atoms with Crippen molar-refractivity contribution in [2.45, 2.75) is 134 Å². The number of rotatable bonds is 21. The second kappa shape index (κ2) is 16.8. The fraction of sp³-hybridized carbons (Fsp3) is 0.917. The summed E-state index contributed by atoms with van der Waals surface area (Å²) in [5, 5.41) is 38.7. The van der Waals surface area contributed by atoms with Gasteiger partial charge in [0.05, 0.1) is 6.61 Å². The van der Waals surface area contributed by atoms with Crippen molar-refractivity contribution in [1.82, 2.24) is 0 Å². The van der Waals surface area contributed by atoms with Gasteiger partial charge in [-0.2, -0.15) is 0 Å². The molecule has 0 aliphatic rings. The van der Waals surface area contributed by atoms with Gasteiger partial charge in [-0.05, 0) is 6.42 Å². The van der Waals surface area contributed by atoms with Gasteiger partial charge in [-0.15, -0.1) is 0 Å². The van der Waals surface area contributed by atoms with E-state index in [4.69, 9.17) is 0 Å². The van der Waals surface area contributed by atoms with Crippen LogP contribution in [0, 0.1) is 0 Å². The molecule has 0 aromatic rings. The fourth-order valence-corrected chi connectivity index (χ4v) is 3.64. The first-order valence-corrected chi connectivity index (χ1v) is 12.1. The smallest absolute Gasteiger partial charge is 0.232 e. The van der Waals surface area contributed by atoms with E-state index in [2.05, 4.69) is 6.92 Å². The lowest BCUT2D eigenvalue weighted by molar-refractivity contribution is -0.204. The number of Topliss-reactive ketones (excluding diaryl/α,β-unsaturated/α-hetero) is 2. The van der Waals surface area contributed by atoms with Crippen molar-refractivity contribution in [3.8, 4) is 0 Å². The molecule has 0 saturated heterocycles. The predicted molar refractivity (Wildman–Crippen MR) is 119 cm³/mol. The van der Waals surface area contributed by atoms with E-state index in [1.54, 1.807) is 0 Å². The summed E-state index contributed by atoms with van der Waals surface area (Å²) in [7, 11) is 0. The Hall–Kier alpha value is -0.820. The lowest BCUT2D eigenvalue weighted by atomic mass is 9.85. The lowest BCUT2D eigenvalue weighted by Gasteiger charge is -2.29. The third-order valence-corrected chi connectivity index (χ3v) is 5.93. The number of ketones is 2. The van der Waals surface area contributed by atoms with Gasteiger partial charge < -0.3 is 20.4 Å². The third kappa shape index (κ3) is 11.5. The number of hydrogen-bond donors (Lipinski definition) is 4. The van der Waals surface area contributed by atoms with Crippen LogP contribution in [-0.4, -0.2) is 50.0 Å². The molecule has 6 heteroatoms. The maximum atomic E-state index is 12.2. The number of carbonyl (C=O) groups excluding carboxylic acids is 2. The van der Waals surface area contributed by atoms with Crippen molar-refractivity contribution in [2.75, 3.05) is 6.61 Å². The summed E-state index contributed by atoms with van der Waals surface area (Å²) in [6, 6.07) is 0. The molecule has 0 radical (unpaired) electrons. The summed E-state index contributed by atoms with van der Waals surface area (Å²) < 4.78 is 0. The van der Waals surface area contributed by atoms with Crippen molar-refractivity contribution in [3.05, 3.63) is 0 Å². The first-order chi connectivity index (χ1) is 14.3. The molecule has 0 aliphatic carbocycles. The first-order valence-electron chi connectivity index (χ1n) is 12.1. The van der Waals surface area contributed by atoms with E-state index in [9.17, 15) is 30.0 Å². The van der Waals surface area contributed by atoms with E-state index in [0.717, 1.165) is 19.3 Å². The minimum Gasteiger partial charge on any atom is -0.392 e. The first kappa shape index (κ1) is 29.2. The molecule has 1 unspecified atom stereocenters. The molecule has 0 rings (SSSR count). The predicted octanol–water partition coefficient (Wildman–Crippen LogP) is 4.20. The van der Waals surface area contributed by atoms with E-state index >= 15 is 0 Å². The van der Waals surface area contributed by atoms with Crippen LogP contribution in [-0.2, 0) is 9.59 Å². The van der Waals surface area contributed by atoms with Gasteiger partial charge >= 0.3 is 0 Å². The summed E-state index contributed by atoms with van der Waals surface area (Å²) in [4.78, 5) is 24.2. The average Bonchev–Trinajstić information content (AvgIpc) is 2.74. The number of aliphatic hydroxyl groups excluding tert-OH is 1. The molecular formula is C24H46O6. The molecule has 0 bridgehead atoms. The minimum atomic E-state index is -2.82. The second-order valence-corrected chi connectivity index (χ2v) is 8.64. The molecule has 0 aliphatic heterocycles. The highest BCUT2D eigenvalue weighted by molar-refractivity contribution is 6.12. The molecular weight excluding hydrogens is 384 g/mol. The summed E-state index contributed by atoms with van der Waals surface area (Å²) in [5.41, 5.74) is -2.74. The van der Waals surface area contributed by atoms with Crippen LogP contribution in [0.2, 0.25) is 0 Å². The number of carbonyl (C=O) groups is 2. The quantitative estimate of drug-likeness (QED) is 0.123. The van der Waals surface area contributed by atoms with Crippen molar-refractivity contribution in [2.24, 2.45) is 0 Å². The van der Waals surface area contributed by atoms with Gasteiger partial charge in [0.25, 0.3) is 0 Å². The molecule has 30 heavy (non-hydrogen) atoms. The topological polar surface area (TPSA) is 115 Å². The highest BCUT2D eigenvalue weighted by Crippen LogP contribution is 2.21. The zero-order valence-electron chi connectivity index (χ0n) is 19.3. The van der Waals surface area contributed by atoms with E-state index in [-0.39, 0.29) is 12.8 Å². The van der Waals surface area contributed by atoms with Gasteiger partial charge in [-0.25, -0.2) is 0 Å². The van der Waals surface area contributed by atoms with E-state index in [1.807, 2.05) is 0 Å². The Balaban J connectivity index is 3.76. The van der Waals surface area contributed by atoms with Crippen LogP contribution in [0.4, 0.5) is 0 Å². The highest BCUT2D eigenvalue weighted by atomic mass is 16.5. The highest BCUT2D eigenvalue weighted by Gasteiger charge is 2.51. The fourth-order valence-electron chi connectivity index (χ4n) is 3.64. The van der Waals surface area contributed by atoms with Gasteiger partial charge in [-0.3, -0.25) is 9.59 Å². The van der Waals surface area contributed by atoms with Crippen molar-refractivity contribution in [1.29, 1.82) is 0 Å². The Kier molecular flexibility index (Phi) is 16.4. The van der Waals surface area contributed by atoms with Crippen LogP contribution < -0.4 is 0 Å². The maximum Gasteiger partial charge on any atom is 0.232 e. The zero-order valence-corrected chi connectivity index (χ0v) is 19.3. The van der Waals surface area contributed by atoms with E-state index in [1.165, 1.54) is 77.6 Å². The van der Waals surface area contributed by atoms with Crippen molar-refractivity contribution < 1.29 is 30.0 Å². The molecule has 6 nitrogen and oxygen atoms in total. The molecule has 0 aromatic carbocycles. The van der Waals surface area contributed by atoms with Crippen LogP contribution in [0.15, 0.2) is 0 Å². The monoisotopic (exact) mass is 430 g/mol. The normalized spacial score (nSPS) is 13.9. The van der Waals surface area contributed by atoms with E-state index < -0.39 is 29.6 Å². The van der Waals surface area contributed by atoms with Gasteiger partial charge in [0.15, 0.2) is 5.78 Å². The molecule has 0 saturated carbocycles.